The summed E-state index contributed by atoms with van der Waals surface area (Å²) in [6, 6.07) is 2.38. The van der Waals surface area contributed by atoms with Crippen molar-refractivity contribution in [1.29, 1.82) is 0 Å². The van der Waals surface area contributed by atoms with E-state index >= 15 is 0 Å². The largest absolute Gasteiger partial charge is 0.130 e. The van der Waals surface area contributed by atoms with E-state index in [1.54, 1.807) is 0 Å². The standard InChI is InChI=1S/C22H28S/c1-9-13(3)11-19-16(6)20-12-14(4)15(5)22(23-8)21(20)17(7)18(19)10-2/h10,12,17H,1,11H2,2-8H3/b18-10+. The van der Waals surface area contributed by atoms with Gasteiger partial charge in [0.1, 0.15) is 0 Å². The molecule has 0 radical (unpaired) electrons. The van der Waals surface area contributed by atoms with Crippen molar-refractivity contribution in [1.82, 2.24) is 0 Å². The number of fused-ring (bicyclic) bond motifs is 1. The highest BCUT2D eigenvalue weighted by Gasteiger charge is 2.29. The summed E-state index contributed by atoms with van der Waals surface area (Å²) in [6.45, 7) is 17.2. The molecule has 0 nitrogen and oxygen atoms in total. The van der Waals surface area contributed by atoms with E-state index in [2.05, 4.69) is 72.3 Å². The van der Waals surface area contributed by atoms with Gasteiger partial charge in [-0.1, -0.05) is 25.6 Å². The summed E-state index contributed by atoms with van der Waals surface area (Å²) in [7, 11) is 0. The Kier molecular flexibility index (Phi) is 5.45. The molecule has 23 heavy (non-hydrogen) atoms. The van der Waals surface area contributed by atoms with Crippen LogP contribution in [0.15, 0.2) is 46.1 Å². The van der Waals surface area contributed by atoms with Gasteiger partial charge in [0.05, 0.1) is 0 Å². The van der Waals surface area contributed by atoms with Gasteiger partial charge in [-0.05, 0) is 85.4 Å². The van der Waals surface area contributed by atoms with Crippen LogP contribution < -0.4 is 0 Å². The summed E-state index contributed by atoms with van der Waals surface area (Å²) in [4.78, 5) is 1.46. The van der Waals surface area contributed by atoms with Gasteiger partial charge in [0.15, 0.2) is 0 Å². The Bertz CT molecular complexity index is 753. The molecule has 0 spiro atoms. The van der Waals surface area contributed by atoms with Crippen LogP contribution in [0.3, 0.4) is 0 Å². The molecule has 0 N–H and O–H groups in total. The first-order valence-electron chi connectivity index (χ1n) is 8.27. The molecule has 0 heterocycles. The molecule has 1 aliphatic carbocycles. The molecule has 1 aromatic rings. The maximum Gasteiger partial charge on any atom is 0.0145 e. The van der Waals surface area contributed by atoms with Crippen molar-refractivity contribution in [2.75, 3.05) is 6.26 Å². The average molecular weight is 325 g/mol. The Morgan fingerprint density at radius 1 is 1.35 bits per heavy atom. The van der Waals surface area contributed by atoms with Gasteiger partial charge in [-0.3, -0.25) is 0 Å². The SMILES string of the molecule is C=C=C(C)CC1=C(C)c2cc(C)c(C)c(SC)c2C(C)/C1=C\C. The first-order valence-corrected chi connectivity index (χ1v) is 9.50. The molecule has 1 atom stereocenters. The molecule has 0 bridgehead atoms. The van der Waals surface area contributed by atoms with E-state index in [0.29, 0.717) is 5.92 Å². The molecule has 0 aliphatic heterocycles. The minimum atomic E-state index is 0.438. The number of thioether (sulfide) groups is 1. The summed E-state index contributed by atoms with van der Waals surface area (Å²) in [5, 5.41) is 0. The zero-order chi connectivity index (χ0) is 17.3. The van der Waals surface area contributed by atoms with E-state index in [0.717, 1.165) is 6.42 Å². The molecule has 0 fully saturated rings. The van der Waals surface area contributed by atoms with Crippen molar-refractivity contribution in [2.24, 2.45) is 0 Å². The van der Waals surface area contributed by atoms with Crippen LogP contribution in [0.25, 0.3) is 5.57 Å². The third kappa shape index (κ3) is 3.01. The number of benzene rings is 1. The van der Waals surface area contributed by atoms with Crippen LogP contribution in [0.2, 0.25) is 0 Å². The Balaban J connectivity index is 2.83. The molecule has 122 valence electrons. The number of aryl methyl sites for hydroxylation is 1. The summed E-state index contributed by atoms with van der Waals surface area (Å²) < 4.78 is 0. The number of rotatable bonds is 3. The van der Waals surface area contributed by atoms with Crippen molar-refractivity contribution in [2.45, 2.75) is 58.8 Å². The van der Waals surface area contributed by atoms with E-state index in [1.807, 2.05) is 11.8 Å². The zero-order valence-corrected chi connectivity index (χ0v) is 16.4. The maximum atomic E-state index is 3.81. The van der Waals surface area contributed by atoms with Gasteiger partial charge in [-0.25, -0.2) is 0 Å². The lowest BCUT2D eigenvalue weighted by Crippen LogP contribution is -2.14. The van der Waals surface area contributed by atoms with E-state index in [4.69, 9.17) is 0 Å². The summed E-state index contributed by atoms with van der Waals surface area (Å²) in [6.07, 6.45) is 5.44. The fourth-order valence-electron chi connectivity index (χ4n) is 3.69. The predicted molar refractivity (Wildman–Crippen MR) is 105 cm³/mol. The number of hydrogen-bond acceptors (Lipinski definition) is 1. The molecule has 1 heteroatoms. The van der Waals surface area contributed by atoms with Gasteiger partial charge in [-0.15, -0.1) is 17.5 Å². The van der Waals surface area contributed by atoms with E-state index in [1.165, 1.54) is 49.4 Å². The summed E-state index contributed by atoms with van der Waals surface area (Å²) >= 11 is 1.88. The molecule has 0 saturated heterocycles. The fourth-order valence-corrected chi connectivity index (χ4v) is 4.67. The molecule has 1 aliphatic rings. The fraction of sp³-hybridized carbons (Fsp3) is 0.409. The number of allylic oxidation sites excluding steroid dienone is 5. The minimum absolute atomic E-state index is 0.438. The van der Waals surface area contributed by atoms with Crippen molar-refractivity contribution < 1.29 is 0 Å². The molecule has 1 unspecified atom stereocenters. The smallest absolute Gasteiger partial charge is 0.0145 e. The highest BCUT2D eigenvalue weighted by atomic mass is 32.2. The van der Waals surface area contributed by atoms with Crippen LogP contribution in [0.1, 0.15) is 62.3 Å². The van der Waals surface area contributed by atoms with E-state index in [9.17, 15) is 0 Å². The second kappa shape index (κ2) is 6.99. The lowest BCUT2D eigenvalue weighted by molar-refractivity contribution is 0.834. The van der Waals surface area contributed by atoms with Crippen LogP contribution in [-0.2, 0) is 0 Å². The van der Waals surface area contributed by atoms with Crippen molar-refractivity contribution in [3.63, 3.8) is 0 Å². The second-order valence-corrected chi connectivity index (χ2v) is 7.33. The third-order valence-electron chi connectivity index (χ3n) is 5.19. The van der Waals surface area contributed by atoms with Gasteiger partial charge < -0.3 is 0 Å². The monoisotopic (exact) mass is 324 g/mol. The highest BCUT2D eigenvalue weighted by Crippen LogP contribution is 2.48. The van der Waals surface area contributed by atoms with Crippen LogP contribution in [0, 0.1) is 13.8 Å². The zero-order valence-electron chi connectivity index (χ0n) is 15.6. The summed E-state index contributed by atoms with van der Waals surface area (Å²) in [5.41, 5.74) is 14.4. The highest BCUT2D eigenvalue weighted by molar-refractivity contribution is 7.98. The van der Waals surface area contributed by atoms with Crippen molar-refractivity contribution in [3.8, 4) is 0 Å². The summed E-state index contributed by atoms with van der Waals surface area (Å²) in [5.74, 6) is 0.438. The van der Waals surface area contributed by atoms with Gasteiger partial charge in [0, 0.05) is 17.2 Å². The van der Waals surface area contributed by atoms with Gasteiger partial charge >= 0.3 is 0 Å². The Labute approximate surface area is 146 Å². The normalized spacial score (nSPS) is 18.9. The predicted octanol–water partition coefficient (Wildman–Crippen LogP) is 6.98. The Morgan fingerprint density at radius 2 is 2.00 bits per heavy atom. The van der Waals surface area contributed by atoms with Crippen LogP contribution in [0.4, 0.5) is 0 Å². The molecule has 0 saturated carbocycles. The molecule has 0 aromatic heterocycles. The molecule has 2 rings (SSSR count). The van der Waals surface area contributed by atoms with Gasteiger partial charge in [0.25, 0.3) is 0 Å². The van der Waals surface area contributed by atoms with Crippen LogP contribution >= 0.6 is 11.8 Å². The van der Waals surface area contributed by atoms with Crippen molar-refractivity contribution in [3.05, 3.63) is 63.4 Å². The van der Waals surface area contributed by atoms with Crippen molar-refractivity contribution >= 4 is 17.3 Å². The third-order valence-corrected chi connectivity index (χ3v) is 6.13. The number of hydrogen-bond donors (Lipinski definition) is 0. The van der Waals surface area contributed by atoms with E-state index in [-0.39, 0.29) is 0 Å². The molecular weight excluding hydrogens is 296 g/mol. The topological polar surface area (TPSA) is 0 Å². The quantitative estimate of drug-likeness (QED) is 0.427. The average Bonchev–Trinajstić information content (AvgIpc) is 2.54. The minimum Gasteiger partial charge on any atom is -0.130 e. The second-order valence-electron chi connectivity index (χ2n) is 6.52. The van der Waals surface area contributed by atoms with Gasteiger partial charge in [0.2, 0.25) is 0 Å². The first kappa shape index (κ1) is 17.9. The Morgan fingerprint density at radius 3 is 2.52 bits per heavy atom. The van der Waals surface area contributed by atoms with Crippen LogP contribution in [0.5, 0.6) is 0 Å². The molecular formula is C22H28S. The lowest BCUT2D eigenvalue weighted by atomic mass is 9.73. The van der Waals surface area contributed by atoms with E-state index < -0.39 is 0 Å². The maximum absolute atomic E-state index is 3.81. The van der Waals surface area contributed by atoms with Gasteiger partial charge in [-0.2, -0.15) is 0 Å². The van der Waals surface area contributed by atoms with Crippen LogP contribution in [-0.4, -0.2) is 6.26 Å². The lowest BCUT2D eigenvalue weighted by Gasteiger charge is -2.33. The molecule has 0 amide bonds. The first-order chi connectivity index (χ1) is 10.9. The Hall–Kier alpha value is -1.43. The molecule has 1 aromatic carbocycles.